The Morgan fingerprint density at radius 3 is 3.06 bits per heavy atom. The van der Waals surface area contributed by atoms with Gasteiger partial charge in [0.15, 0.2) is 0 Å². The van der Waals surface area contributed by atoms with Crippen LogP contribution in [0.3, 0.4) is 0 Å². The molecule has 1 fully saturated rings. The molecule has 94 valence electrons. The first-order chi connectivity index (χ1) is 8.75. The summed E-state index contributed by atoms with van der Waals surface area (Å²) in [5, 5.41) is 2.95. The Hall–Kier alpha value is -1.23. The van der Waals surface area contributed by atoms with Crippen LogP contribution in [-0.2, 0) is 4.79 Å². The van der Waals surface area contributed by atoms with E-state index in [0.29, 0.717) is 0 Å². The van der Waals surface area contributed by atoms with Crippen molar-refractivity contribution in [2.24, 2.45) is 11.7 Å². The van der Waals surface area contributed by atoms with E-state index >= 15 is 0 Å². The second-order valence-corrected chi connectivity index (χ2v) is 5.74. The third kappa shape index (κ3) is 2.07. The van der Waals surface area contributed by atoms with E-state index in [2.05, 4.69) is 13.3 Å². The quantitative estimate of drug-likeness (QED) is 0.802. The number of nitrogens with zero attached hydrogens (tertiary/aromatic N) is 2. The SMILES string of the molecule is NC1CCCC1C(=O)Nc1cccc2n[se]nc12. The molecule has 1 aliphatic carbocycles. The van der Waals surface area contributed by atoms with E-state index in [1.807, 2.05) is 18.2 Å². The van der Waals surface area contributed by atoms with Crippen LogP contribution in [0.1, 0.15) is 19.3 Å². The summed E-state index contributed by atoms with van der Waals surface area (Å²) < 4.78 is 8.65. The standard InChI is InChI=1S/C12H14N4OSe/c13-8-4-1-3-7(8)12(17)14-9-5-2-6-10-11(9)16-18-15-10/h2,5-8H,1,3-4,13H2,(H,14,17). The van der Waals surface area contributed by atoms with Crippen molar-refractivity contribution in [3.05, 3.63) is 18.2 Å². The predicted molar refractivity (Wildman–Crippen MR) is 70.4 cm³/mol. The van der Waals surface area contributed by atoms with Crippen molar-refractivity contribution in [3.63, 3.8) is 0 Å². The van der Waals surface area contributed by atoms with Gasteiger partial charge in [0.1, 0.15) is 0 Å². The molecule has 6 heteroatoms. The van der Waals surface area contributed by atoms with Gasteiger partial charge in [0.2, 0.25) is 0 Å². The van der Waals surface area contributed by atoms with Gasteiger partial charge >= 0.3 is 111 Å². The van der Waals surface area contributed by atoms with Crippen molar-refractivity contribution in [2.75, 3.05) is 5.32 Å². The Bertz CT molecular complexity index is 582. The summed E-state index contributed by atoms with van der Waals surface area (Å²) in [4.78, 5) is 12.2. The van der Waals surface area contributed by atoms with Crippen molar-refractivity contribution < 1.29 is 4.79 Å². The number of hydrogen-bond acceptors (Lipinski definition) is 4. The molecule has 2 unspecified atom stereocenters. The van der Waals surface area contributed by atoms with Crippen LogP contribution in [0.4, 0.5) is 5.69 Å². The number of carbonyl (C=O) groups is 1. The Kier molecular flexibility index (Phi) is 3.16. The average Bonchev–Trinajstić information content (AvgIpc) is 2.97. The second-order valence-electron chi connectivity index (χ2n) is 4.63. The van der Waals surface area contributed by atoms with Crippen molar-refractivity contribution in [3.8, 4) is 0 Å². The number of carbonyl (C=O) groups excluding carboxylic acids is 1. The molecule has 2 atom stereocenters. The fourth-order valence-corrected chi connectivity index (χ4v) is 3.60. The van der Waals surface area contributed by atoms with Crippen molar-refractivity contribution >= 4 is 37.6 Å². The molecule has 0 spiro atoms. The zero-order valence-corrected chi connectivity index (χ0v) is 11.5. The van der Waals surface area contributed by atoms with Crippen LogP contribution in [0.5, 0.6) is 0 Å². The first-order valence-corrected chi connectivity index (χ1v) is 7.56. The van der Waals surface area contributed by atoms with Gasteiger partial charge in [-0.15, -0.1) is 0 Å². The molecule has 0 bridgehead atoms. The molecule has 5 nitrogen and oxygen atoms in total. The fourth-order valence-electron chi connectivity index (χ4n) is 2.45. The molecule has 1 heterocycles. The first kappa shape index (κ1) is 11.8. The monoisotopic (exact) mass is 310 g/mol. The van der Waals surface area contributed by atoms with E-state index in [-0.39, 0.29) is 32.8 Å². The van der Waals surface area contributed by atoms with Gasteiger partial charge in [-0.3, -0.25) is 0 Å². The minimum atomic E-state index is -0.0765. The molecule has 18 heavy (non-hydrogen) atoms. The normalized spacial score (nSPS) is 23.4. The Balaban J connectivity index is 1.84. The molecule has 2 aromatic rings. The van der Waals surface area contributed by atoms with Crippen molar-refractivity contribution in [1.29, 1.82) is 0 Å². The third-order valence-electron chi connectivity index (χ3n) is 3.45. The number of fused-ring (bicyclic) bond motifs is 1. The Morgan fingerprint density at radius 1 is 1.39 bits per heavy atom. The van der Waals surface area contributed by atoms with Gasteiger partial charge in [0, 0.05) is 0 Å². The van der Waals surface area contributed by atoms with Crippen LogP contribution in [-0.4, -0.2) is 34.9 Å². The van der Waals surface area contributed by atoms with Gasteiger partial charge in [-0.05, 0) is 0 Å². The van der Waals surface area contributed by atoms with Gasteiger partial charge in [-0.25, -0.2) is 0 Å². The summed E-state index contributed by atoms with van der Waals surface area (Å²) in [6.45, 7) is 0. The van der Waals surface area contributed by atoms with E-state index in [1.165, 1.54) is 0 Å². The van der Waals surface area contributed by atoms with Gasteiger partial charge < -0.3 is 0 Å². The molecule has 0 aliphatic heterocycles. The molecule has 1 aromatic carbocycles. The number of nitrogens with one attached hydrogen (secondary N) is 1. The fraction of sp³-hybridized carbons (Fsp3) is 0.417. The Labute approximate surface area is 111 Å². The van der Waals surface area contributed by atoms with Crippen LogP contribution >= 0.6 is 0 Å². The van der Waals surface area contributed by atoms with Gasteiger partial charge in [0.05, 0.1) is 0 Å². The van der Waals surface area contributed by atoms with Crippen LogP contribution in [0.25, 0.3) is 11.0 Å². The minimum absolute atomic E-state index is 0.00685. The van der Waals surface area contributed by atoms with E-state index in [0.717, 1.165) is 36.0 Å². The second kappa shape index (κ2) is 4.80. The zero-order chi connectivity index (χ0) is 12.5. The molecule has 1 aliphatic rings. The first-order valence-electron chi connectivity index (χ1n) is 6.03. The number of nitrogens with two attached hydrogens (primary N) is 1. The average molecular weight is 309 g/mol. The summed E-state index contributed by atoms with van der Waals surface area (Å²) in [7, 11) is 0. The van der Waals surface area contributed by atoms with E-state index in [9.17, 15) is 4.79 Å². The third-order valence-corrected chi connectivity index (χ3v) is 4.59. The molecule has 1 amide bonds. The van der Waals surface area contributed by atoms with Gasteiger partial charge in [0.25, 0.3) is 0 Å². The molecule has 0 saturated heterocycles. The van der Waals surface area contributed by atoms with Crippen LogP contribution in [0.15, 0.2) is 18.2 Å². The van der Waals surface area contributed by atoms with Gasteiger partial charge in [-0.2, -0.15) is 0 Å². The molecule has 3 N–H and O–H groups in total. The Morgan fingerprint density at radius 2 is 2.28 bits per heavy atom. The van der Waals surface area contributed by atoms with E-state index in [1.54, 1.807) is 0 Å². The molecular weight excluding hydrogens is 295 g/mol. The van der Waals surface area contributed by atoms with Crippen molar-refractivity contribution in [2.45, 2.75) is 25.3 Å². The van der Waals surface area contributed by atoms with Crippen LogP contribution in [0.2, 0.25) is 0 Å². The molecular formula is C12H14N4OSe. The number of aromatic nitrogens is 2. The number of hydrogen-bond donors (Lipinski definition) is 2. The summed E-state index contributed by atoms with van der Waals surface area (Å²) >= 11 is -0.0765. The predicted octanol–water partition coefficient (Wildman–Crippen LogP) is 0.753. The topological polar surface area (TPSA) is 80.9 Å². The van der Waals surface area contributed by atoms with E-state index < -0.39 is 0 Å². The van der Waals surface area contributed by atoms with Crippen molar-refractivity contribution in [1.82, 2.24) is 7.96 Å². The molecule has 1 saturated carbocycles. The number of rotatable bonds is 2. The molecule has 0 radical (unpaired) electrons. The maximum atomic E-state index is 12.2. The summed E-state index contributed by atoms with van der Waals surface area (Å²) in [6, 6.07) is 5.68. The number of amides is 1. The zero-order valence-electron chi connectivity index (χ0n) is 9.80. The molecule has 1 aromatic heterocycles. The van der Waals surface area contributed by atoms with Crippen LogP contribution in [0, 0.1) is 5.92 Å². The summed E-state index contributed by atoms with van der Waals surface area (Å²) in [5.74, 6) is -0.0484. The van der Waals surface area contributed by atoms with Gasteiger partial charge in [-0.1, -0.05) is 0 Å². The maximum absolute atomic E-state index is 12.2. The summed E-state index contributed by atoms with van der Waals surface area (Å²) in [5.41, 5.74) is 8.41. The number of anilines is 1. The van der Waals surface area contributed by atoms with Crippen LogP contribution < -0.4 is 11.1 Å². The molecule has 3 rings (SSSR count). The summed E-state index contributed by atoms with van der Waals surface area (Å²) in [6.07, 6.45) is 2.86. The van der Waals surface area contributed by atoms with E-state index in [4.69, 9.17) is 5.73 Å². The number of benzene rings is 1.